The van der Waals surface area contributed by atoms with Crippen molar-refractivity contribution < 1.29 is 0 Å². The van der Waals surface area contributed by atoms with Gasteiger partial charge in [0, 0.05) is 18.6 Å². The molecule has 0 aromatic carbocycles. The van der Waals surface area contributed by atoms with Gasteiger partial charge in [0.05, 0.1) is 0 Å². The normalized spacial score (nSPS) is 44.7. The Morgan fingerprint density at radius 1 is 1.44 bits per heavy atom. The second kappa shape index (κ2) is 2.27. The fourth-order valence-corrected chi connectivity index (χ4v) is 1.64. The highest BCUT2D eigenvalue weighted by Crippen LogP contribution is 2.28. The summed E-state index contributed by atoms with van der Waals surface area (Å²) < 4.78 is 0. The average molecular weight is 128 g/mol. The van der Waals surface area contributed by atoms with Gasteiger partial charge in [0.15, 0.2) is 0 Å². The Kier molecular flexibility index (Phi) is 1.78. The zero-order chi connectivity index (χ0) is 7.02. The Balaban J connectivity index is 2.41. The molecule has 2 nitrogen and oxygen atoms in total. The van der Waals surface area contributed by atoms with Gasteiger partial charge < -0.3 is 5.73 Å². The largest absolute Gasteiger partial charge is 0.329 e. The van der Waals surface area contributed by atoms with Crippen molar-refractivity contribution >= 4 is 0 Å². The highest BCUT2D eigenvalue weighted by Gasteiger charge is 2.38. The molecule has 0 amide bonds. The van der Waals surface area contributed by atoms with Crippen LogP contribution in [0.3, 0.4) is 0 Å². The molecule has 0 aliphatic carbocycles. The molecule has 2 heteroatoms. The monoisotopic (exact) mass is 128 g/mol. The van der Waals surface area contributed by atoms with Crippen LogP contribution in [-0.2, 0) is 0 Å². The van der Waals surface area contributed by atoms with Gasteiger partial charge >= 0.3 is 0 Å². The second-order valence-corrected chi connectivity index (χ2v) is 3.07. The summed E-state index contributed by atoms with van der Waals surface area (Å²) in [4.78, 5) is 2.34. The van der Waals surface area contributed by atoms with Crippen LogP contribution in [0, 0.1) is 5.92 Å². The van der Waals surface area contributed by atoms with Gasteiger partial charge in [0.1, 0.15) is 0 Å². The van der Waals surface area contributed by atoms with Crippen LogP contribution < -0.4 is 5.73 Å². The minimum Gasteiger partial charge on any atom is -0.329 e. The molecule has 0 unspecified atom stereocenters. The molecule has 0 aromatic rings. The van der Waals surface area contributed by atoms with Crippen molar-refractivity contribution in [3.8, 4) is 0 Å². The van der Waals surface area contributed by atoms with E-state index in [9.17, 15) is 0 Å². The number of hydrogen-bond acceptors (Lipinski definition) is 2. The molecule has 0 saturated carbocycles. The lowest BCUT2D eigenvalue weighted by atomic mass is 9.83. The number of likely N-dealkylation sites (N-methyl/N-ethyl adjacent to an activating group) is 1. The van der Waals surface area contributed by atoms with Crippen molar-refractivity contribution in [1.29, 1.82) is 0 Å². The molecule has 1 saturated heterocycles. The Bertz CT molecular complexity index is 93.1. The SMILES string of the molecule is C[C@H]1[C@H](C)N(C)[C@H]1CN. The summed E-state index contributed by atoms with van der Waals surface area (Å²) in [5, 5.41) is 0. The zero-order valence-corrected chi connectivity index (χ0v) is 6.46. The maximum absolute atomic E-state index is 5.54. The molecule has 1 rings (SSSR count). The first kappa shape index (κ1) is 7.03. The van der Waals surface area contributed by atoms with Crippen molar-refractivity contribution in [2.75, 3.05) is 13.6 Å². The molecule has 1 fully saturated rings. The van der Waals surface area contributed by atoms with Crippen LogP contribution in [0.15, 0.2) is 0 Å². The van der Waals surface area contributed by atoms with E-state index in [1.54, 1.807) is 0 Å². The topological polar surface area (TPSA) is 29.3 Å². The standard InChI is InChI=1S/C7H16N2/c1-5-6(2)9(3)7(5)4-8/h5-7H,4,8H2,1-3H3/t5-,6-,7-/m0/s1. The third-order valence-corrected chi connectivity index (χ3v) is 2.77. The Morgan fingerprint density at radius 3 is 2.22 bits per heavy atom. The quantitative estimate of drug-likeness (QED) is 0.549. The second-order valence-electron chi connectivity index (χ2n) is 3.07. The first-order valence-corrected chi connectivity index (χ1v) is 3.60. The van der Waals surface area contributed by atoms with Gasteiger partial charge in [-0.1, -0.05) is 6.92 Å². The van der Waals surface area contributed by atoms with E-state index in [1.165, 1.54) is 0 Å². The lowest BCUT2D eigenvalue weighted by Gasteiger charge is -2.50. The molecule has 0 aromatic heterocycles. The van der Waals surface area contributed by atoms with Crippen molar-refractivity contribution in [1.82, 2.24) is 4.90 Å². The lowest BCUT2D eigenvalue weighted by Crippen LogP contribution is -2.62. The van der Waals surface area contributed by atoms with Gasteiger partial charge in [0.25, 0.3) is 0 Å². The van der Waals surface area contributed by atoms with Gasteiger partial charge in [-0.05, 0) is 19.9 Å². The minimum atomic E-state index is 0.639. The highest BCUT2D eigenvalue weighted by atomic mass is 15.2. The van der Waals surface area contributed by atoms with Crippen molar-refractivity contribution in [3.63, 3.8) is 0 Å². The number of hydrogen-bond donors (Lipinski definition) is 1. The molecule has 3 atom stereocenters. The van der Waals surface area contributed by atoms with Crippen LogP contribution in [-0.4, -0.2) is 30.6 Å². The van der Waals surface area contributed by atoms with Gasteiger partial charge in [-0.25, -0.2) is 0 Å². The smallest absolute Gasteiger partial charge is 0.0258 e. The van der Waals surface area contributed by atoms with Gasteiger partial charge in [-0.15, -0.1) is 0 Å². The van der Waals surface area contributed by atoms with E-state index in [0.717, 1.165) is 18.5 Å². The van der Waals surface area contributed by atoms with Crippen LogP contribution in [0.25, 0.3) is 0 Å². The fourth-order valence-electron chi connectivity index (χ4n) is 1.64. The Morgan fingerprint density at radius 2 is 2.00 bits per heavy atom. The number of rotatable bonds is 1. The number of nitrogens with zero attached hydrogens (tertiary/aromatic N) is 1. The first-order chi connectivity index (χ1) is 4.18. The molecule has 9 heavy (non-hydrogen) atoms. The molecular weight excluding hydrogens is 112 g/mol. The molecule has 0 spiro atoms. The Labute approximate surface area is 57.0 Å². The van der Waals surface area contributed by atoms with Gasteiger partial charge in [-0.2, -0.15) is 0 Å². The van der Waals surface area contributed by atoms with Crippen LogP contribution in [0.2, 0.25) is 0 Å². The molecule has 1 heterocycles. The zero-order valence-electron chi connectivity index (χ0n) is 6.46. The van der Waals surface area contributed by atoms with E-state index in [0.29, 0.717) is 6.04 Å². The summed E-state index contributed by atoms with van der Waals surface area (Å²) >= 11 is 0. The third-order valence-electron chi connectivity index (χ3n) is 2.77. The van der Waals surface area contributed by atoms with Crippen LogP contribution >= 0.6 is 0 Å². The predicted octanol–water partition coefficient (Wildman–Crippen LogP) is 0.284. The molecular formula is C7H16N2. The molecule has 0 radical (unpaired) electrons. The molecule has 0 bridgehead atoms. The summed E-state index contributed by atoms with van der Waals surface area (Å²) in [5.74, 6) is 0.792. The summed E-state index contributed by atoms with van der Waals surface area (Å²) in [6.07, 6.45) is 0. The van der Waals surface area contributed by atoms with Crippen LogP contribution in [0.5, 0.6) is 0 Å². The first-order valence-electron chi connectivity index (χ1n) is 3.60. The maximum atomic E-state index is 5.54. The van der Waals surface area contributed by atoms with E-state index in [-0.39, 0.29) is 0 Å². The molecule has 2 N–H and O–H groups in total. The van der Waals surface area contributed by atoms with Gasteiger partial charge in [-0.3, -0.25) is 4.90 Å². The number of likely N-dealkylation sites (tertiary alicyclic amines) is 1. The van der Waals surface area contributed by atoms with Crippen LogP contribution in [0.4, 0.5) is 0 Å². The lowest BCUT2D eigenvalue weighted by molar-refractivity contribution is -0.00725. The van der Waals surface area contributed by atoms with E-state index in [2.05, 4.69) is 25.8 Å². The summed E-state index contributed by atoms with van der Waals surface area (Å²) in [5.41, 5.74) is 5.54. The molecule has 1 aliphatic heterocycles. The van der Waals surface area contributed by atoms with E-state index in [1.807, 2.05) is 0 Å². The van der Waals surface area contributed by atoms with E-state index in [4.69, 9.17) is 5.73 Å². The summed E-state index contributed by atoms with van der Waals surface area (Å²) in [6, 6.07) is 1.37. The summed E-state index contributed by atoms with van der Waals surface area (Å²) in [6.45, 7) is 5.32. The van der Waals surface area contributed by atoms with E-state index >= 15 is 0 Å². The van der Waals surface area contributed by atoms with Crippen molar-refractivity contribution in [3.05, 3.63) is 0 Å². The van der Waals surface area contributed by atoms with Gasteiger partial charge in [0.2, 0.25) is 0 Å². The maximum Gasteiger partial charge on any atom is 0.0258 e. The number of nitrogens with two attached hydrogens (primary N) is 1. The highest BCUT2D eigenvalue weighted by molar-refractivity contribution is 4.94. The van der Waals surface area contributed by atoms with E-state index < -0.39 is 0 Å². The third kappa shape index (κ3) is 0.864. The van der Waals surface area contributed by atoms with Crippen molar-refractivity contribution in [2.24, 2.45) is 11.7 Å². The fraction of sp³-hybridized carbons (Fsp3) is 1.00. The Hall–Kier alpha value is -0.0800. The predicted molar refractivity (Wildman–Crippen MR) is 39.2 cm³/mol. The minimum absolute atomic E-state index is 0.639. The summed E-state index contributed by atoms with van der Waals surface area (Å²) in [7, 11) is 2.14. The van der Waals surface area contributed by atoms with Crippen molar-refractivity contribution in [2.45, 2.75) is 25.9 Å². The van der Waals surface area contributed by atoms with Crippen LogP contribution in [0.1, 0.15) is 13.8 Å². The molecule has 54 valence electrons. The molecule has 1 aliphatic rings. The average Bonchev–Trinajstić information content (AvgIpc) is 1.89.